The molecule has 19 heavy (non-hydrogen) atoms. The summed E-state index contributed by atoms with van der Waals surface area (Å²) in [5.41, 5.74) is 6.07. The van der Waals surface area contributed by atoms with E-state index in [1.807, 2.05) is 0 Å². The van der Waals surface area contributed by atoms with Crippen molar-refractivity contribution in [2.75, 3.05) is 39.5 Å². The van der Waals surface area contributed by atoms with E-state index in [2.05, 4.69) is 23.7 Å². The van der Waals surface area contributed by atoms with Crippen LogP contribution in [0.2, 0.25) is 0 Å². The van der Waals surface area contributed by atoms with Crippen molar-refractivity contribution in [3.63, 3.8) is 0 Å². The minimum atomic E-state index is 0.329. The van der Waals surface area contributed by atoms with Gasteiger partial charge in [-0.05, 0) is 18.8 Å². The lowest BCUT2D eigenvalue weighted by Gasteiger charge is -2.34. The summed E-state index contributed by atoms with van der Waals surface area (Å²) < 4.78 is 11.2. The second-order valence-corrected chi connectivity index (χ2v) is 5.78. The van der Waals surface area contributed by atoms with Crippen molar-refractivity contribution in [3.05, 3.63) is 0 Å². The molecule has 0 amide bonds. The maximum absolute atomic E-state index is 6.07. The van der Waals surface area contributed by atoms with Gasteiger partial charge in [0.1, 0.15) is 0 Å². The molecule has 2 aliphatic rings. The van der Waals surface area contributed by atoms with Crippen molar-refractivity contribution in [1.82, 2.24) is 4.90 Å². The van der Waals surface area contributed by atoms with Crippen LogP contribution in [0.15, 0.2) is 4.99 Å². The highest BCUT2D eigenvalue weighted by Crippen LogP contribution is 2.26. The number of aliphatic imine (C=N–C) groups is 1. The molecule has 5 heteroatoms. The van der Waals surface area contributed by atoms with Crippen LogP contribution in [0.5, 0.6) is 0 Å². The van der Waals surface area contributed by atoms with E-state index >= 15 is 0 Å². The summed E-state index contributed by atoms with van der Waals surface area (Å²) in [6.07, 6.45) is 2.67. The molecule has 0 aromatic heterocycles. The summed E-state index contributed by atoms with van der Waals surface area (Å²) >= 11 is 0. The molecule has 5 nitrogen and oxygen atoms in total. The number of ether oxygens (including phenoxy) is 2. The van der Waals surface area contributed by atoms with Crippen molar-refractivity contribution in [2.45, 2.75) is 32.8 Å². The van der Waals surface area contributed by atoms with Crippen LogP contribution in [0.3, 0.4) is 0 Å². The fourth-order valence-corrected chi connectivity index (χ4v) is 2.90. The van der Waals surface area contributed by atoms with Crippen LogP contribution < -0.4 is 5.73 Å². The zero-order valence-electron chi connectivity index (χ0n) is 12.2. The van der Waals surface area contributed by atoms with Gasteiger partial charge < -0.3 is 20.1 Å². The van der Waals surface area contributed by atoms with Gasteiger partial charge in [0.2, 0.25) is 0 Å². The molecule has 2 heterocycles. The first-order chi connectivity index (χ1) is 9.18. The SMILES string of the molecule is CC(C)C1OCCCC1CN=C(N)N1CCOCC1. The predicted octanol–water partition coefficient (Wildman–Crippen LogP) is 1.08. The van der Waals surface area contributed by atoms with E-state index in [0.29, 0.717) is 23.9 Å². The van der Waals surface area contributed by atoms with Crippen LogP contribution in [-0.2, 0) is 9.47 Å². The molecule has 2 aliphatic heterocycles. The highest BCUT2D eigenvalue weighted by Gasteiger charge is 2.28. The average molecular weight is 269 g/mol. The van der Waals surface area contributed by atoms with Gasteiger partial charge in [-0.25, -0.2) is 0 Å². The molecular formula is C14H27N3O2. The molecule has 2 rings (SSSR count). The molecule has 0 aromatic rings. The molecule has 2 fully saturated rings. The standard InChI is InChI=1S/C14H27N3O2/c1-11(2)13-12(4-3-7-19-13)10-16-14(15)17-5-8-18-9-6-17/h11-13H,3-10H2,1-2H3,(H2,15,16). The van der Waals surface area contributed by atoms with Crippen molar-refractivity contribution in [1.29, 1.82) is 0 Å². The summed E-state index contributed by atoms with van der Waals surface area (Å²) in [4.78, 5) is 6.70. The van der Waals surface area contributed by atoms with Gasteiger partial charge in [-0.3, -0.25) is 4.99 Å². The van der Waals surface area contributed by atoms with E-state index in [9.17, 15) is 0 Å². The summed E-state index contributed by atoms with van der Waals surface area (Å²) in [5.74, 6) is 1.72. The molecule has 2 N–H and O–H groups in total. The number of nitrogens with zero attached hydrogens (tertiary/aromatic N) is 2. The Balaban J connectivity index is 1.87. The van der Waals surface area contributed by atoms with E-state index in [-0.39, 0.29) is 0 Å². The molecule has 110 valence electrons. The van der Waals surface area contributed by atoms with Gasteiger partial charge in [-0.2, -0.15) is 0 Å². The lowest BCUT2D eigenvalue weighted by Crippen LogP contribution is -2.45. The Labute approximate surface area is 116 Å². The highest BCUT2D eigenvalue weighted by atomic mass is 16.5. The Kier molecular flexibility index (Phi) is 5.45. The lowest BCUT2D eigenvalue weighted by molar-refractivity contribution is -0.0492. The van der Waals surface area contributed by atoms with Crippen molar-refractivity contribution in [2.24, 2.45) is 22.6 Å². The monoisotopic (exact) mass is 269 g/mol. The number of hydrogen-bond donors (Lipinski definition) is 1. The first-order valence-corrected chi connectivity index (χ1v) is 7.42. The van der Waals surface area contributed by atoms with E-state index in [1.54, 1.807) is 0 Å². The predicted molar refractivity (Wildman–Crippen MR) is 76.2 cm³/mol. The Morgan fingerprint density at radius 3 is 2.74 bits per heavy atom. The fourth-order valence-electron chi connectivity index (χ4n) is 2.90. The Bertz CT molecular complexity index is 301. The zero-order chi connectivity index (χ0) is 13.7. The van der Waals surface area contributed by atoms with Crippen molar-refractivity contribution in [3.8, 4) is 0 Å². The van der Waals surface area contributed by atoms with Gasteiger partial charge in [0.05, 0.1) is 19.3 Å². The largest absolute Gasteiger partial charge is 0.378 e. The van der Waals surface area contributed by atoms with Gasteiger partial charge in [0, 0.05) is 32.2 Å². The molecule has 0 saturated carbocycles. The van der Waals surface area contributed by atoms with Crippen LogP contribution >= 0.6 is 0 Å². The Hall–Kier alpha value is -0.810. The molecule has 0 aromatic carbocycles. The van der Waals surface area contributed by atoms with Gasteiger partial charge in [-0.15, -0.1) is 0 Å². The molecule has 2 unspecified atom stereocenters. The van der Waals surface area contributed by atoms with Crippen LogP contribution in [0.1, 0.15) is 26.7 Å². The highest BCUT2D eigenvalue weighted by molar-refractivity contribution is 5.78. The zero-order valence-corrected chi connectivity index (χ0v) is 12.2. The Morgan fingerprint density at radius 1 is 1.32 bits per heavy atom. The van der Waals surface area contributed by atoms with E-state index in [4.69, 9.17) is 15.2 Å². The maximum atomic E-state index is 6.07. The average Bonchev–Trinajstić information content (AvgIpc) is 2.46. The summed E-state index contributed by atoms with van der Waals surface area (Å²) in [6.45, 7) is 9.31. The van der Waals surface area contributed by atoms with Crippen LogP contribution in [-0.4, -0.2) is 56.4 Å². The second-order valence-electron chi connectivity index (χ2n) is 5.78. The van der Waals surface area contributed by atoms with Crippen LogP contribution in [0.25, 0.3) is 0 Å². The topological polar surface area (TPSA) is 60.1 Å². The van der Waals surface area contributed by atoms with Gasteiger partial charge in [0.25, 0.3) is 0 Å². The number of hydrogen-bond acceptors (Lipinski definition) is 3. The third-order valence-electron chi connectivity index (χ3n) is 3.97. The molecule has 2 atom stereocenters. The minimum Gasteiger partial charge on any atom is -0.378 e. The van der Waals surface area contributed by atoms with E-state index < -0.39 is 0 Å². The Morgan fingerprint density at radius 2 is 2.05 bits per heavy atom. The summed E-state index contributed by atoms with van der Waals surface area (Å²) in [7, 11) is 0. The quantitative estimate of drug-likeness (QED) is 0.615. The normalized spacial score (nSPS) is 29.8. The molecule has 0 aliphatic carbocycles. The minimum absolute atomic E-state index is 0.329. The summed E-state index contributed by atoms with van der Waals surface area (Å²) in [5, 5.41) is 0. The molecule has 0 spiro atoms. The smallest absolute Gasteiger partial charge is 0.191 e. The van der Waals surface area contributed by atoms with E-state index in [0.717, 1.165) is 45.9 Å². The first kappa shape index (κ1) is 14.6. The first-order valence-electron chi connectivity index (χ1n) is 7.42. The lowest BCUT2D eigenvalue weighted by atomic mass is 9.87. The van der Waals surface area contributed by atoms with Crippen molar-refractivity contribution < 1.29 is 9.47 Å². The van der Waals surface area contributed by atoms with Crippen LogP contribution in [0.4, 0.5) is 0 Å². The number of guanidine groups is 1. The molecule has 2 saturated heterocycles. The van der Waals surface area contributed by atoms with Crippen LogP contribution in [0, 0.1) is 11.8 Å². The molecular weight excluding hydrogens is 242 g/mol. The number of morpholine rings is 1. The molecule has 0 radical (unpaired) electrons. The maximum Gasteiger partial charge on any atom is 0.191 e. The number of nitrogens with two attached hydrogens (primary N) is 1. The second kappa shape index (κ2) is 7.10. The van der Waals surface area contributed by atoms with Gasteiger partial charge in [0.15, 0.2) is 5.96 Å². The summed E-state index contributed by atoms with van der Waals surface area (Å²) in [6, 6.07) is 0. The number of rotatable bonds is 3. The van der Waals surface area contributed by atoms with Crippen molar-refractivity contribution >= 4 is 5.96 Å². The van der Waals surface area contributed by atoms with Gasteiger partial charge in [-0.1, -0.05) is 13.8 Å². The third kappa shape index (κ3) is 4.08. The third-order valence-corrected chi connectivity index (χ3v) is 3.97. The fraction of sp³-hybridized carbons (Fsp3) is 0.929. The van der Waals surface area contributed by atoms with E-state index in [1.165, 1.54) is 6.42 Å². The van der Waals surface area contributed by atoms with Gasteiger partial charge >= 0.3 is 0 Å². The molecule has 0 bridgehead atoms.